The Hall–Kier alpha value is 0.0400. The van der Waals surface area contributed by atoms with Crippen LogP contribution in [0.3, 0.4) is 0 Å². The topological polar surface area (TPSA) is 0 Å². The van der Waals surface area contributed by atoms with Gasteiger partial charge < -0.3 is 0 Å². The molecule has 0 saturated carbocycles. The summed E-state index contributed by atoms with van der Waals surface area (Å²) in [4.78, 5) is 2.01. The predicted molar refractivity (Wildman–Crippen MR) is 65.2 cm³/mol. The van der Waals surface area contributed by atoms with Gasteiger partial charge in [-0.05, 0) is 32.4 Å². The fraction of sp³-hybridized carbons (Fsp3) is 0.636. The molecule has 0 N–H and O–H groups in total. The van der Waals surface area contributed by atoms with Crippen molar-refractivity contribution in [2.75, 3.05) is 0 Å². The first-order valence-electron chi connectivity index (χ1n) is 4.82. The zero-order valence-corrected chi connectivity index (χ0v) is 11.7. The molecule has 1 heterocycles. The van der Waals surface area contributed by atoms with Crippen molar-refractivity contribution in [1.82, 2.24) is 0 Å². The van der Waals surface area contributed by atoms with Crippen LogP contribution in [0.5, 0.6) is 0 Å². The van der Waals surface area contributed by atoms with Gasteiger partial charge in [-0.1, -0.05) is 22.9 Å². The summed E-state index contributed by atoms with van der Waals surface area (Å²) in [6.07, 6.45) is 0. The summed E-state index contributed by atoms with van der Waals surface area (Å²) < 4.78 is 26.3. The van der Waals surface area contributed by atoms with Crippen molar-refractivity contribution in [1.29, 1.82) is 0 Å². The molecule has 2 atom stereocenters. The maximum atomic E-state index is 13.2. The van der Waals surface area contributed by atoms with Gasteiger partial charge in [0.2, 0.25) is 5.92 Å². The maximum Gasteiger partial charge on any atom is 0.249 e. The molecule has 1 aromatic rings. The molecule has 0 nitrogen and oxygen atoms in total. The smallest absolute Gasteiger partial charge is 0.207 e. The van der Waals surface area contributed by atoms with E-state index in [4.69, 9.17) is 0 Å². The van der Waals surface area contributed by atoms with Crippen LogP contribution >= 0.6 is 27.3 Å². The lowest BCUT2D eigenvalue weighted by molar-refractivity contribution is -0.0324. The highest BCUT2D eigenvalue weighted by molar-refractivity contribution is 9.09. The molecule has 0 bridgehead atoms. The summed E-state index contributed by atoms with van der Waals surface area (Å²) in [7, 11) is 0. The minimum absolute atomic E-state index is 0.276. The quantitative estimate of drug-likeness (QED) is 0.681. The molecule has 0 saturated heterocycles. The lowest BCUT2D eigenvalue weighted by atomic mass is 9.96. The molecular weight excluding hydrogens is 282 g/mol. The van der Waals surface area contributed by atoms with Crippen LogP contribution in [-0.4, -0.2) is 5.92 Å². The number of halogens is 3. The van der Waals surface area contributed by atoms with Gasteiger partial charge in [-0.3, -0.25) is 0 Å². The van der Waals surface area contributed by atoms with E-state index >= 15 is 0 Å². The monoisotopic (exact) mass is 296 g/mol. The van der Waals surface area contributed by atoms with Gasteiger partial charge in [0.1, 0.15) is 0 Å². The summed E-state index contributed by atoms with van der Waals surface area (Å²) in [6.45, 7) is 6.52. The van der Waals surface area contributed by atoms with Crippen molar-refractivity contribution in [2.45, 2.75) is 38.4 Å². The van der Waals surface area contributed by atoms with Crippen molar-refractivity contribution in [3.63, 3.8) is 0 Å². The molecule has 0 radical (unpaired) electrons. The van der Waals surface area contributed by atoms with Crippen LogP contribution < -0.4 is 0 Å². The second-order valence-corrected chi connectivity index (χ2v) is 6.46. The second-order valence-electron chi connectivity index (χ2n) is 4.02. The highest BCUT2D eigenvalue weighted by Crippen LogP contribution is 2.42. The number of alkyl halides is 3. The Morgan fingerprint density at radius 1 is 1.40 bits per heavy atom. The van der Waals surface area contributed by atoms with Crippen molar-refractivity contribution in [3.05, 3.63) is 21.4 Å². The standard InChI is InChI=1S/C11H15BrF2S/c1-6-5-9(8(3)15-6)10(12)7(2)11(4,13)14/h5,7,10H,1-4H3. The summed E-state index contributed by atoms with van der Waals surface area (Å²) in [5.74, 6) is -3.36. The number of hydrogen-bond donors (Lipinski definition) is 0. The van der Waals surface area contributed by atoms with E-state index in [9.17, 15) is 8.78 Å². The van der Waals surface area contributed by atoms with Crippen molar-refractivity contribution >= 4 is 27.3 Å². The van der Waals surface area contributed by atoms with Crippen molar-refractivity contribution < 1.29 is 8.78 Å². The van der Waals surface area contributed by atoms with Crippen LogP contribution in [0.4, 0.5) is 8.78 Å². The van der Waals surface area contributed by atoms with Gasteiger partial charge in [-0.25, -0.2) is 8.78 Å². The molecule has 1 aromatic heterocycles. The van der Waals surface area contributed by atoms with E-state index < -0.39 is 11.8 Å². The molecule has 15 heavy (non-hydrogen) atoms. The molecular formula is C11H15BrF2S. The Morgan fingerprint density at radius 2 is 1.93 bits per heavy atom. The Bertz CT molecular complexity index is 341. The van der Waals surface area contributed by atoms with Gasteiger partial charge in [-0.2, -0.15) is 0 Å². The van der Waals surface area contributed by atoms with E-state index in [1.807, 2.05) is 19.9 Å². The average molecular weight is 297 g/mol. The first-order chi connectivity index (χ1) is 6.73. The summed E-state index contributed by atoms with van der Waals surface area (Å²) in [5, 5.41) is 0. The van der Waals surface area contributed by atoms with Gasteiger partial charge in [0.05, 0.1) is 0 Å². The van der Waals surface area contributed by atoms with E-state index in [1.165, 1.54) is 4.88 Å². The Morgan fingerprint density at radius 3 is 2.27 bits per heavy atom. The molecule has 0 aromatic carbocycles. The predicted octanol–water partition coefficient (Wildman–Crippen LogP) is 5.09. The first-order valence-corrected chi connectivity index (χ1v) is 6.55. The van der Waals surface area contributed by atoms with Crippen LogP contribution in [0.25, 0.3) is 0 Å². The van der Waals surface area contributed by atoms with Crippen LogP contribution in [0, 0.1) is 19.8 Å². The van der Waals surface area contributed by atoms with Crippen LogP contribution in [0.1, 0.15) is 34.0 Å². The Balaban J connectivity index is 2.94. The van der Waals surface area contributed by atoms with E-state index in [-0.39, 0.29) is 4.83 Å². The maximum absolute atomic E-state index is 13.2. The fourth-order valence-electron chi connectivity index (χ4n) is 1.45. The molecule has 86 valence electrons. The summed E-state index contributed by atoms with van der Waals surface area (Å²) in [5.41, 5.74) is 0.992. The van der Waals surface area contributed by atoms with Crippen molar-refractivity contribution in [3.8, 4) is 0 Å². The van der Waals surface area contributed by atoms with Crippen LogP contribution in [-0.2, 0) is 0 Å². The lowest BCUT2D eigenvalue weighted by Crippen LogP contribution is -2.25. The summed E-state index contributed by atoms with van der Waals surface area (Å²) in [6, 6.07) is 1.99. The highest BCUT2D eigenvalue weighted by Gasteiger charge is 2.36. The normalized spacial score (nSPS) is 16.5. The third-order valence-electron chi connectivity index (χ3n) is 2.62. The number of hydrogen-bond acceptors (Lipinski definition) is 1. The largest absolute Gasteiger partial charge is 0.249 e. The van der Waals surface area contributed by atoms with Crippen LogP contribution in [0.15, 0.2) is 6.07 Å². The SMILES string of the molecule is Cc1cc(C(Br)C(C)C(C)(F)F)c(C)s1. The molecule has 4 heteroatoms. The molecule has 0 fully saturated rings. The zero-order valence-electron chi connectivity index (χ0n) is 9.27. The van der Waals surface area contributed by atoms with Gasteiger partial charge in [0, 0.05) is 20.5 Å². The van der Waals surface area contributed by atoms with Gasteiger partial charge >= 0.3 is 0 Å². The Kier molecular flexibility index (Phi) is 3.93. The Labute approximate surface area is 102 Å². The number of aryl methyl sites for hydroxylation is 2. The first kappa shape index (κ1) is 13.1. The van der Waals surface area contributed by atoms with E-state index in [0.29, 0.717) is 0 Å². The third-order valence-corrected chi connectivity index (χ3v) is 4.88. The fourth-order valence-corrected chi connectivity index (χ4v) is 3.51. The van der Waals surface area contributed by atoms with E-state index in [0.717, 1.165) is 17.4 Å². The molecule has 2 unspecified atom stereocenters. The van der Waals surface area contributed by atoms with Crippen molar-refractivity contribution in [2.24, 2.45) is 5.92 Å². The van der Waals surface area contributed by atoms with Gasteiger partial charge in [0.25, 0.3) is 0 Å². The van der Waals surface area contributed by atoms with Gasteiger partial charge in [-0.15, -0.1) is 11.3 Å². The average Bonchev–Trinajstić information content (AvgIpc) is 2.41. The van der Waals surface area contributed by atoms with E-state index in [1.54, 1.807) is 18.3 Å². The number of rotatable bonds is 3. The molecule has 0 amide bonds. The molecule has 1 rings (SSSR count). The highest BCUT2D eigenvalue weighted by atomic mass is 79.9. The zero-order chi connectivity index (χ0) is 11.8. The van der Waals surface area contributed by atoms with Gasteiger partial charge in [0.15, 0.2) is 0 Å². The van der Waals surface area contributed by atoms with Crippen LogP contribution in [0.2, 0.25) is 0 Å². The second kappa shape index (κ2) is 4.50. The molecule has 0 spiro atoms. The minimum Gasteiger partial charge on any atom is -0.207 e. The summed E-state index contributed by atoms with van der Waals surface area (Å²) >= 11 is 5.03. The molecule has 0 aliphatic carbocycles. The lowest BCUT2D eigenvalue weighted by Gasteiger charge is -2.24. The third kappa shape index (κ3) is 3.00. The molecule has 0 aliphatic heterocycles. The minimum atomic E-state index is -2.66. The van der Waals surface area contributed by atoms with E-state index in [2.05, 4.69) is 15.9 Å². The molecule has 0 aliphatic rings. The number of thiophene rings is 1.